The van der Waals surface area contributed by atoms with Crippen LogP contribution in [0.25, 0.3) is 0 Å². The van der Waals surface area contributed by atoms with Gasteiger partial charge in [0.1, 0.15) is 12.2 Å². The monoisotopic (exact) mass is 306 g/mol. The van der Waals surface area contributed by atoms with E-state index in [1.165, 1.54) is 0 Å². The second-order valence-electron chi connectivity index (χ2n) is 5.45. The van der Waals surface area contributed by atoms with Crippen molar-refractivity contribution in [3.8, 4) is 0 Å². The molecule has 0 aromatic carbocycles. The summed E-state index contributed by atoms with van der Waals surface area (Å²) >= 11 is 0. The van der Waals surface area contributed by atoms with E-state index in [4.69, 9.17) is 14.2 Å². The molecule has 0 aliphatic carbocycles. The lowest BCUT2D eigenvalue weighted by atomic mass is 9.90. The molecule has 2 rings (SSSR count). The van der Waals surface area contributed by atoms with Crippen LogP contribution in [0.1, 0.15) is 42.0 Å². The van der Waals surface area contributed by atoms with Gasteiger partial charge in [-0.05, 0) is 20.3 Å². The van der Waals surface area contributed by atoms with E-state index >= 15 is 0 Å². The zero-order chi connectivity index (χ0) is 14.4. The highest BCUT2D eigenvalue weighted by Gasteiger charge is 2.58. The quantitative estimate of drug-likeness (QED) is 0.736. The van der Waals surface area contributed by atoms with Crippen LogP contribution in [-0.4, -0.2) is 52.9 Å². The van der Waals surface area contributed by atoms with Gasteiger partial charge in [-0.3, -0.25) is 4.79 Å². The van der Waals surface area contributed by atoms with Gasteiger partial charge in [-0.1, -0.05) is 21.8 Å². The van der Waals surface area contributed by atoms with Gasteiger partial charge in [0.2, 0.25) is 6.10 Å². The van der Waals surface area contributed by atoms with E-state index in [0.29, 0.717) is 6.42 Å². The van der Waals surface area contributed by atoms with Crippen LogP contribution in [0.4, 0.5) is 0 Å². The van der Waals surface area contributed by atoms with Gasteiger partial charge in [0.25, 0.3) is 0 Å². The van der Waals surface area contributed by atoms with Gasteiger partial charge < -0.3 is 24.4 Å². The van der Waals surface area contributed by atoms with Gasteiger partial charge in [-0.15, -0.1) is 0 Å². The number of fused-ring (bicyclic) bond motifs is 1. The van der Waals surface area contributed by atoms with Crippen molar-refractivity contribution in [1.29, 1.82) is 0 Å². The first-order valence-corrected chi connectivity index (χ1v) is 6.21. The average molecular weight is 306 g/mol. The summed E-state index contributed by atoms with van der Waals surface area (Å²) in [5.74, 6) is -1.31. The maximum absolute atomic E-state index is 11.9. The van der Waals surface area contributed by atoms with Crippen molar-refractivity contribution in [2.45, 2.75) is 72.8 Å². The van der Waals surface area contributed by atoms with Gasteiger partial charge in [0, 0.05) is 0 Å². The largest absolute Gasteiger partial charge is 0.454 e. The Morgan fingerprint density at radius 3 is 2.38 bits per heavy atom. The van der Waals surface area contributed by atoms with E-state index in [0.717, 1.165) is 0 Å². The van der Waals surface area contributed by atoms with Crippen LogP contribution in [0.15, 0.2) is 0 Å². The lowest BCUT2D eigenvalue weighted by Gasteiger charge is -2.23. The highest BCUT2D eigenvalue weighted by Crippen LogP contribution is 2.34. The van der Waals surface area contributed by atoms with Gasteiger partial charge in [0.15, 0.2) is 12.4 Å². The second-order valence-corrected chi connectivity index (χ2v) is 5.45. The third-order valence-corrected chi connectivity index (χ3v) is 3.70. The molecule has 5 unspecified atom stereocenters. The second kappa shape index (κ2) is 6.72. The fraction of sp³-hybridized carbons (Fsp3) is 0.857. The molecule has 0 saturated carbocycles. The number of carbonyl (C=O) groups is 2. The fourth-order valence-electron chi connectivity index (χ4n) is 1.93. The Kier molecular flexibility index (Phi) is 6.34. The van der Waals surface area contributed by atoms with Crippen LogP contribution < -0.4 is 0 Å². The molecule has 2 heterocycles. The number of aliphatic hydroxyl groups is 2. The number of esters is 2. The Morgan fingerprint density at radius 2 is 1.86 bits per heavy atom. The van der Waals surface area contributed by atoms with Crippen molar-refractivity contribution in [2.75, 3.05) is 0 Å². The molecule has 7 heteroatoms. The molecule has 124 valence electrons. The van der Waals surface area contributed by atoms with Gasteiger partial charge in [-0.2, -0.15) is 0 Å². The normalized spacial score (nSPS) is 34.3. The third-order valence-electron chi connectivity index (χ3n) is 3.70. The van der Waals surface area contributed by atoms with Crippen molar-refractivity contribution >= 4 is 11.9 Å². The summed E-state index contributed by atoms with van der Waals surface area (Å²) in [4.78, 5) is 23.6. The van der Waals surface area contributed by atoms with E-state index in [9.17, 15) is 19.8 Å². The topological polar surface area (TPSA) is 102 Å². The Hall–Kier alpha value is -1.18. The summed E-state index contributed by atoms with van der Waals surface area (Å²) < 4.78 is 15.0. The smallest absolute Gasteiger partial charge is 0.350 e. The van der Waals surface area contributed by atoms with Crippen LogP contribution in [0.5, 0.6) is 0 Å². The van der Waals surface area contributed by atoms with Crippen LogP contribution in [-0.2, 0) is 23.8 Å². The maximum Gasteiger partial charge on any atom is 0.350 e. The molecule has 2 saturated heterocycles. The predicted octanol–water partition coefficient (Wildman–Crippen LogP) is 0.610. The first-order chi connectivity index (χ1) is 8.77. The molecule has 5 atom stereocenters. The van der Waals surface area contributed by atoms with Crippen LogP contribution in [0, 0.1) is 5.41 Å². The number of ether oxygens (including phenoxy) is 3. The first kappa shape index (κ1) is 19.8. The zero-order valence-corrected chi connectivity index (χ0v) is 11.0. The van der Waals surface area contributed by atoms with Crippen LogP contribution >= 0.6 is 0 Å². The van der Waals surface area contributed by atoms with Crippen molar-refractivity contribution in [3.05, 3.63) is 0 Å². The zero-order valence-electron chi connectivity index (χ0n) is 11.0. The highest BCUT2D eigenvalue weighted by molar-refractivity contribution is 5.84. The van der Waals surface area contributed by atoms with E-state index in [1.54, 1.807) is 13.8 Å². The number of hydrogen-bond donors (Lipinski definition) is 2. The molecule has 2 fully saturated rings. The van der Waals surface area contributed by atoms with E-state index in [2.05, 4.69) is 0 Å². The minimum Gasteiger partial charge on any atom is -0.454 e. The van der Waals surface area contributed by atoms with Gasteiger partial charge >= 0.3 is 11.9 Å². The predicted molar refractivity (Wildman–Crippen MR) is 74.2 cm³/mol. The molecule has 0 aromatic heterocycles. The number of hydrogen-bond acceptors (Lipinski definition) is 7. The Balaban J connectivity index is 0.00000200. The molecule has 0 amide bonds. The molecular weight excluding hydrogens is 280 g/mol. The van der Waals surface area contributed by atoms with E-state index in [-0.39, 0.29) is 14.9 Å². The standard InChI is InChI=1S/C12H18O7.2CH4/c1-4-12(2,3)11(16)19-8-7-6(17-10(8)15)5(13)9(14)18-7;;/h5-9,13-14H,4H2,1-3H3;2*1H4. The molecule has 0 spiro atoms. The molecular formula is C14H26O7. The molecule has 0 bridgehead atoms. The van der Waals surface area contributed by atoms with Crippen molar-refractivity contribution < 1.29 is 34.0 Å². The number of carbonyl (C=O) groups excluding carboxylic acids is 2. The van der Waals surface area contributed by atoms with Crippen molar-refractivity contribution in [3.63, 3.8) is 0 Å². The first-order valence-electron chi connectivity index (χ1n) is 6.21. The molecule has 2 N–H and O–H groups in total. The van der Waals surface area contributed by atoms with Crippen LogP contribution in [0.3, 0.4) is 0 Å². The summed E-state index contributed by atoms with van der Waals surface area (Å²) in [6.07, 6.45) is -5.41. The van der Waals surface area contributed by atoms with E-state index in [1.807, 2.05) is 6.92 Å². The highest BCUT2D eigenvalue weighted by atomic mass is 16.7. The Bertz CT molecular complexity index is 393. The molecule has 2 aliphatic rings. The summed E-state index contributed by atoms with van der Waals surface area (Å²) in [6.45, 7) is 5.23. The summed E-state index contributed by atoms with van der Waals surface area (Å²) in [5.41, 5.74) is -0.728. The average Bonchev–Trinajstić information content (AvgIpc) is 2.79. The molecule has 0 aromatic rings. The summed E-state index contributed by atoms with van der Waals surface area (Å²) in [5, 5.41) is 18.9. The molecule has 0 radical (unpaired) electrons. The number of aliphatic hydroxyl groups excluding tert-OH is 2. The van der Waals surface area contributed by atoms with Gasteiger partial charge in [0.05, 0.1) is 5.41 Å². The van der Waals surface area contributed by atoms with Crippen molar-refractivity contribution in [2.24, 2.45) is 5.41 Å². The maximum atomic E-state index is 11.9. The van der Waals surface area contributed by atoms with E-state index < -0.39 is 48.1 Å². The number of rotatable bonds is 3. The Morgan fingerprint density at radius 1 is 1.29 bits per heavy atom. The minimum absolute atomic E-state index is 0. The minimum atomic E-state index is -1.44. The van der Waals surface area contributed by atoms with Crippen LogP contribution in [0.2, 0.25) is 0 Å². The lowest BCUT2D eigenvalue weighted by Crippen LogP contribution is -2.39. The molecule has 21 heavy (non-hydrogen) atoms. The van der Waals surface area contributed by atoms with Crippen molar-refractivity contribution in [1.82, 2.24) is 0 Å². The third kappa shape index (κ3) is 3.36. The van der Waals surface area contributed by atoms with Gasteiger partial charge in [-0.25, -0.2) is 4.79 Å². The Labute approximate surface area is 125 Å². The summed E-state index contributed by atoms with van der Waals surface area (Å²) in [7, 11) is 0. The summed E-state index contributed by atoms with van der Waals surface area (Å²) in [6, 6.07) is 0. The SMILES string of the molecule is C.C.CCC(C)(C)C(=O)OC1C(=O)OC2C(O)C(O)OC12. The molecule has 7 nitrogen and oxygen atoms in total. The molecule has 2 aliphatic heterocycles. The lowest BCUT2D eigenvalue weighted by molar-refractivity contribution is -0.185. The fourth-order valence-corrected chi connectivity index (χ4v) is 1.93.